The minimum absolute atomic E-state index is 0.125. The van der Waals surface area contributed by atoms with Gasteiger partial charge in [0.25, 0.3) is 0 Å². The zero-order valence-electron chi connectivity index (χ0n) is 11.6. The van der Waals surface area contributed by atoms with Gasteiger partial charge < -0.3 is 10.5 Å². The maximum Gasteiger partial charge on any atom is 0.240 e. The molecular formula is C14H17N3O3S. The van der Waals surface area contributed by atoms with Crippen LogP contribution in [-0.2, 0) is 16.4 Å². The number of aromatic nitrogens is 1. The van der Waals surface area contributed by atoms with E-state index in [0.717, 1.165) is 5.56 Å². The van der Waals surface area contributed by atoms with Crippen molar-refractivity contribution in [3.63, 3.8) is 0 Å². The van der Waals surface area contributed by atoms with Crippen LogP contribution in [0.4, 0.5) is 5.69 Å². The van der Waals surface area contributed by atoms with Gasteiger partial charge >= 0.3 is 0 Å². The molecule has 3 N–H and O–H groups in total. The molecule has 0 aliphatic heterocycles. The number of nitrogens with one attached hydrogen (secondary N) is 1. The van der Waals surface area contributed by atoms with E-state index in [-0.39, 0.29) is 4.90 Å². The van der Waals surface area contributed by atoms with Crippen LogP contribution in [0.1, 0.15) is 5.56 Å². The normalized spacial score (nSPS) is 11.3. The fourth-order valence-electron chi connectivity index (χ4n) is 1.82. The van der Waals surface area contributed by atoms with Gasteiger partial charge in [0.2, 0.25) is 10.0 Å². The SMILES string of the molecule is COc1cc(S(=O)(=O)NCCc2cccnc2)ccc1N. The smallest absolute Gasteiger partial charge is 0.240 e. The van der Waals surface area contributed by atoms with Crippen molar-refractivity contribution in [1.29, 1.82) is 0 Å². The van der Waals surface area contributed by atoms with Crippen LogP contribution in [0.2, 0.25) is 0 Å². The number of nitrogens with zero attached hydrogens (tertiary/aromatic N) is 1. The highest BCUT2D eigenvalue weighted by atomic mass is 32.2. The predicted molar refractivity (Wildman–Crippen MR) is 80.5 cm³/mol. The second-order valence-electron chi connectivity index (χ2n) is 4.41. The summed E-state index contributed by atoms with van der Waals surface area (Å²) in [6, 6.07) is 8.07. The fourth-order valence-corrected chi connectivity index (χ4v) is 2.86. The molecule has 2 aromatic rings. The Balaban J connectivity index is 2.05. The number of nitrogens with two attached hydrogens (primary N) is 1. The van der Waals surface area contributed by atoms with Crippen molar-refractivity contribution >= 4 is 15.7 Å². The molecule has 0 atom stereocenters. The largest absolute Gasteiger partial charge is 0.495 e. The van der Waals surface area contributed by atoms with E-state index < -0.39 is 10.0 Å². The lowest BCUT2D eigenvalue weighted by Crippen LogP contribution is -2.26. The number of hydrogen-bond acceptors (Lipinski definition) is 5. The minimum atomic E-state index is -3.59. The van der Waals surface area contributed by atoms with Crippen molar-refractivity contribution in [2.24, 2.45) is 0 Å². The van der Waals surface area contributed by atoms with Crippen LogP contribution < -0.4 is 15.2 Å². The summed E-state index contributed by atoms with van der Waals surface area (Å²) in [4.78, 5) is 4.11. The number of methoxy groups -OCH3 is 1. The zero-order valence-corrected chi connectivity index (χ0v) is 12.4. The summed E-state index contributed by atoms with van der Waals surface area (Å²) in [5.74, 6) is 0.338. The lowest BCUT2D eigenvalue weighted by atomic mass is 10.2. The Morgan fingerprint density at radius 1 is 1.33 bits per heavy atom. The van der Waals surface area contributed by atoms with E-state index in [1.807, 2.05) is 12.1 Å². The maximum atomic E-state index is 12.2. The molecule has 0 aliphatic rings. The molecule has 0 fully saturated rings. The van der Waals surface area contributed by atoms with Gasteiger partial charge in [0.05, 0.1) is 17.7 Å². The number of nitrogen functional groups attached to an aromatic ring is 1. The second kappa shape index (κ2) is 6.55. The summed E-state index contributed by atoms with van der Waals surface area (Å²) in [5.41, 5.74) is 7.04. The quantitative estimate of drug-likeness (QED) is 0.782. The Labute approximate surface area is 124 Å². The number of hydrogen-bond donors (Lipinski definition) is 2. The Kier molecular flexibility index (Phi) is 4.77. The number of rotatable bonds is 6. The van der Waals surface area contributed by atoms with Crippen molar-refractivity contribution in [2.75, 3.05) is 19.4 Å². The van der Waals surface area contributed by atoms with E-state index in [9.17, 15) is 8.42 Å². The van der Waals surface area contributed by atoms with Crippen LogP contribution in [0.15, 0.2) is 47.6 Å². The summed E-state index contributed by atoms with van der Waals surface area (Å²) in [5, 5.41) is 0. The summed E-state index contributed by atoms with van der Waals surface area (Å²) >= 11 is 0. The van der Waals surface area contributed by atoms with E-state index in [4.69, 9.17) is 10.5 Å². The van der Waals surface area contributed by atoms with Crippen LogP contribution in [0, 0.1) is 0 Å². The number of benzene rings is 1. The highest BCUT2D eigenvalue weighted by Crippen LogP contribution is 2.24. The van der Waals surface area contributed by atoms with Gasteiger partial charge in [0.1, 0.15) is 5.75 Å². The monoisotopic (exact) mass is 307 g/mol. The molecule has 1 aromatic carbocycles. The van der Waals surface area contributed by atoms with Crippen molar-refractivity contribution < 1.29 is 13.2 Å². The van der Waals surface area contributed by atoms with E-state index in [1.54, 1.807) is 12.4 Å². The number of anilines is 1. The van der Waals surface area contributed by atoms with Crippen LogP contribution >= 0.6 is 0 Å². The lowest BCUT2D eigenvalue weighted by molar-refractivity contribution is 0.415. The first-order chi connectivity index (χ1) is 10.0. The lowest BCUT2D eigenvalue weighted by Gasteiger charge is -2.09. The molecule has 112 valence electrons. The molecule has 0 aliphatic carbocycles. The number of sulfonamides is 1. The molecule has 0 amide bonds. The molecule has 0 unspecified atom stereocenters. The molecule has 2 rings (SSSR count). The van der Waals surface area contributed by atoms with Gasteiger partial charge in [-0.1, -0.05) is 6.07 Å². The van der Waals surface area contributed by atoms with E-state index in [2.05, 4.69) is 9.71 Å². The van der Waals surface area contributed by atoms with Gasteiger partial charge in [-0.2, -0.15) is 0 Å². The summed E-state index contributed by atoms with van der Waals surface area (Å²) in [6.07, 6.45) is 3.95. The number of pyridine rings is 1. The van der Waals surface area contributed by atoms with E-state index >= 15 is 0 Å². The predicted octanol–water partition coefficient (Wildman–Crippen LogP) is 1.19. The Morgan fingerprint density at radius 2 is 2.14 bits per heavy atom. The summed E-state index contributed by atoms with van der Waals surface area (Å²) < 4.78 is 31.9. The number of ether oxygens (including phenoxy) is 1. The minimum Gasteiger partial charge on any atom is -0.495 e. The molecule has 21 heavy (non-hydrogen) atoms. The highest BCUT2D eigenvalue weighted by Gasteiger charge is 2.15. The molecule has 0 saturated heterocycles. The Hall–Kier alpha value is -2.12. The van der Waals surface area contributed by atoms with Crippen LogP contribution in [0.5, 0.6) is 5.75 Å². The average Bonchev–Trinajstić information content (AvgIpc) is 2.48. The van der Waals surface area contributed by atoms with Crippen molar-refractivity contribution in [2.45, 2.75) is 11.3 Å². The molecule has 0 radical (unpaired) electrons. The average molecular weight is 307 g/mol. The molecule has 1 aromatic heterocycles. The van der Waals surface area contributed by atoms with Crippen LogP contribution in [0.25, 0.3) is 0 Å². The Bertz CT molecular complexity index is 703. The first kappa shape index (κ1) is 15.3. The third-order valence-electron chi connectivity index (χ3n) is 2.94. The standard InChI is InChI=1S/C14H17N3O3S/c1-20-14-9-12(4-5-13(14)15)21(18,19)17-8-6-11-3-2-7-16-10-11/h2-5,7,9-10,17H,6,8,15H2,1H3. The van der Waals surface area contributed by atoms with Crippen LogP contribution in [0.3, 0.4) is 0 Å². The topological polar surface area (TPSA) is 94.3 Å². The maximum absolute atomic E-state index is 12.2. The molecule has 0 spiro atoms. The Morgan fingerprint density at radius 3 is 2.81 bits per heavy atom. The third kappa shape index (κ3) is 3.93. The van der Waals surface area contributed by atoms with E-state index in [1.165, 1.54) is 25.3 Å². The summed E-state index contributed by atoms with van der Waals surface area (Å²) in [7, 11) is -2.14. The van der Waals surface area contributed by atoms with Crippen molar-refractivity contribution in [3.05, 3.63) is 48.3 Å². The van der Waals surface area contributed by atoms with E-state index in [0.29, 0.717) is 24.4 Å². The van der Waals surface area contributed by atoms with Gasteiger partial charge in [-0.05, 0) is 30.2 Å². The molecule has 0 saturated carbocycles. The molecule has 6 nitrogen and oxygen atoms in total. The van der Waals surface area contributed by atoms with Gasteiger partial charge in [-0.15, -0.1) is 0 Å². The second-order valence-corrected chi connectivity index (χ2v) is 6.18. The first-order valence-electron chi connectivity index (χ1n) is 6.35. The van der Waals surface area contributed by atoms with Gasteiger partial charge in [-0.3, -0.25) is 4.98 Å². The van der Waals surface area contributed by atoms with Crippen LogP contribution in [-0.4, -0.2) is 27.1 Å². The van der Waals surface area contributed by atoms with Gasteiger partial charge in [-0.25, -0.2) is 13.1 Å². The molecule has 0 bridgehead atoms. The van der Waals surface area contributed by atoms with Crippen molar-refractivity contribution in [3.8, 4) is 5.75 Å². The first-order valence-corrected chi connectivity index (χ1v) is 7.83. The zero-order chi connectivity index (χ0) is 15.3. The third-order valence-corrected chi connectivity index (χ3v) is 4.40. The molecule has 1 heterocycles. The van der Waals surface area contributed by atoms with Gasteiger partial charge in [0.15, 0.2) is 0 Å². The van der Waals surface area contributed by atoms with Crippen molar-refractivity contribution in [1.82, 2.24) is 9.71 Å². The molecular weight excluding hydrogens is 290 g/mol. The highest BCUT2D eigenvalue weighted by molar-refractivity contribution is 7.89. The van der Waals surface area contributed by atoms with Gasteiger partial charge in [0, 0.05) is 25.0 Å². The molecule has 7 heteroatoms. The summed E-state index contributed by atoms with van der Waals surface area (Å²) in [6.45, 7) is 0.292. The fraction of sp³-hybridized carbons (Fsp3) is 0.214.